The summed E-state index contributed by atoms with van der Waals surface area (Å²) in [6.45, 7) is 3.50. The van der Waals surface area contributed by atoms with Gasteiger partial charge in [0.25, 0.3) is 0 Å². The number of amides is 2. The molecule has 0 radical (unpaired) electrons. The van der Waals surface area contributed by atoms with Gasteiger partial charge in [0, 0.05) is 13.1 Å². The van der Waals surface area contributed by atoms with Crippen LogP contribution in [0.15, 0.2) is 36.9 Å². The molecule has 1 aliphatic rings. The van der Waals surface area contributed by atoms with E-state index in [-0.39, 0.29) is 6.03 Å². The first-order valence-corrected chi connectivity index (χ1v) is 7.18. The molecule has 2 aromatic rings. The molecule has 0 bridgehead atoms. The molecule has 0 saturated heterocycles. The molecule has 110 valence electrons. The molecule has 1 saturated carbocycles. The fourth-order valence-corrected chi connectivity index (χ4v) is 2.26. The van der Waals surface area contributed by atoms with Gasteiger partial charge in [0.15, 0.2) is 0 Å². The van der Waals surface area contributed by atoms with E-state index in [0.717, 1.165) is 23.7 Å². The molecular weight excluding hydrogens is 266 g/mol. The van der Waals surface area contributed by atoms with E-state index >= 15 is 0 Å². The van der Waals surface area contributed by atoms with Crippen LogP contribution < -0.4 is 10.6 Å². The van der Waals surface area contributed by atoms with Crippen LogP contribution >= 0.6 is 0 Å². The van der Waals surface area contributed by atoms with Gasteiger partial charge in [-0.2, -0.15) is 5.10 Å². The van der Waals surface area contributed by atoms with Crippen molar-refractivity contribution < 1.29 is 4.79 Å². The minimum Gasteiger partial charge on any atom is -0.338 e. The number of nitrogens with one attached hydrogen (secondary N) is 2. The van der Waals surface area contributed by atoms with E-state index in [1.807, 2.05) is 24.3 Å². The molecule has 0 aliphatic heterocycles. The summed E-state index contributed by atoms with van der Waals surface area (Å²) in [6, 6.07) is 7.75. The van der Waals surface area contributed by atoms with E-state index in [4.69, 9.17) is 0 Å². The molecule has 1 aromatic heterocycles. The fraction of sp³-hybridized carbons (Fsp3) is 0.400. The van der Waals surface area contributed by atoms with Crippen LogP contribution in [0.25, 0.3) is 5.69 Å². The number of rotatable bonds is 5. The van der Waals surface area contributed by atoms with Gasteiger partial charge in [-0.15, -0.1) is 0 Å². The standard InChI is InChI=1S/C15H19N5O/c1-11-6-13(11)8-18-15(21)17-7-12-2-4-14(5-3-12)20-10-16-9-19-20/h2-5,9-11,13H,6-8H2,1H3,(H2,17,18,21)/t11-,13-/m1/s1. The smallest absolute Gasteiger partial charge is 0.315 e. The molecule has 6 heteroatoms. The van der Waals surface area contributed by atoms with Crippen LogP contribution in [-0.2, 0) is 6.54 Å². The highest BCUT2D eigenvalue weighted by atomic mass is 16.2. The quantitative estimate of drug-likeness (QED) is 0.878. The molecule has 1 aromatic carbocycles. The predicted molar refractivity (Wildman–Crippen MR) is 78.9 cm³/mol. The summed E-state index contributed by atoms with van der Waals surface area (Å²) in [6.07, 6.45) is 4.38. The van der Waals surface area contributed by atoms with Crippen LogP contribution in [0.1, 0.15) is 18.9 Å². The predicted octanol–water partition coefficient (Wildman–Crippen LogP) is 1.72. The molecule has 3 rings (SSSR count). The highest BCUT2D eigenvalue weighted by Crippen LogP contribution is 2.36. The second kappa shape index (κ2) is 5.95. The average molecular weight is 285 g/mol. The molecule has 0 unspecified atom stereocenters. The molecular formula is C15H19N5O. The maximum atomic E-state index is 11.7. The lowest BCUT2D eigenvalue weighted by Crippen LogP contribution is -2.36. The van der Waals surface area contributed by atoms with Crippen LogP contribution in [0.5, 0.6) is 0 Å². The summed E-state index contributed by atoms with van der Waals surface area (Å²) >= 11 is 0. The zero-order valence-electron chi connectivity index (χ0n) is 12.0. The van der Waals surface area contributed by atoms with Crippen molar-refractivity contribution in [3.8, 4) is 5.69 Å². The lowest BCUT2D eigenvalue weighted by molar-refractivity contribution is 0.240. The Labute approximate surface area is 123 Å². The average Bonchev–Trinajstić information content (AvgIpc) is 2.99. The van der Waals surface area contributed by atoms with Crippen molar-refractivity contribution in [1.82, 2.24) is 25.4 Å². The van der Waals surface area contributed by atoms with Gasteiger partial charge in [0.2, 0.25) is 0 Å². The molecule has 2 N–H and O–H groups in total. The number of hydrogen-bond donors (Lipinski definition) is 2. The minimum atomic E-state index is -0.102. The topological polar surface area (TPSA) is 71.8 Å². The summed E-state index contributed by atoms with van der Waals surface area (Å²) in [5.74, 6) is 1.42. The summed E-state index contributed by atoms with van der Waals surface area (Å²) in [5, 5.41) is 9.84. The summed E-state index contributed by atoms with van der Waals surface area (Å²) in [7, 11) is 0. The molecule has 1 aliphatic carbocycles. The first-order valence-electron chi connectivity index (χ1n) is 7.18. The molecule has 1 fully saturated rings. The van der Waals surface area contributed by atoms with E-state index in [9.17, 15) is 4.79 Å². The molecule has 0 spiro atoms. The number of urea groups is 1. The Hall–Kier alpha value is -2.37. The highest BCUT2D eigenvalue weighted by molar-refractivity contribution is 5.73. The van der Waals surface area contributed by atoms with Gasteiger partial charge in [0.1, 0.15) is 12.7 Å². The third kappa shape index (κ3) is 3.59. The normalized spacial score (nSPS) is 20.0. The second-order valence-electron chi connectivity index (χ2n) is 5.54. The van der Waals surface area contributed by atoms with E-state index in [1.165, 1.54) is 12.7 Å². The number of nitrogens with zero attached hydrogens (tertiary/aromatic N) is 3. The highest BCUT2D eigenvalue weighted by Gasteiger charge is 2.32. The number of benzene rings is 1. The van der Waals surface area contributed by atoms with Crippen LogP contribution in [0.3, 0.4) is 0 Å². The van der Waals surface area contributed by atoms with Crippen molar-refractivity contribution in [3.63, 3.8) is 0 Å². The molecule has 2 atom stereocenters. The Bertz CT molecular complexity index is 593. The third-order valence-corrected chi connectivity index (χ3v) is 3.87. The molecule has 6 nitrogen and oxygen atoms in total. The van der Waals surface area contributed by atoms with Gasteiger partial charge in [-0.3, -0.25) is 0 Å². The first kappa shape index (κ1) is 13.6. The van der Waals surface area contributed by atoms with Crippen molar-refractivity contribution in [3.05, 3.63) is 42.5 Å². The number of carbonyl (C=O) groups excluding carboxylic acids is 1. The Balaban J connectivity index is 1.45. The van der Waals surface area contributed by atoms with Crippen LogP contribution in [0.4, 0.5) is 4.79 Å². The SMILES string of the molecule is C[C@@H]1C[C@@H]1CNC(=O)NCc1ccc(-n2cncn2)cc1. The number of aromatic nitrogens is 3. The number of carbonyl (C=O) groups is 1. The second-order valence-corrected chi connectivity index (χ2v) is 5.54. The largest absolute Gasteiger partial charge is 0.338 e. The van der Waals surface area contributed by atoms with Crippen molar-refractivity contribution in [2.24, 2.45) is 11.8 Å². The Morgan fingerprint density at radius 2 is 2.10 bits per heavy atom. The van der Waals surface area contributed by atoms with Gasteiger partial charge in [-0.1, -0.05) is 19.1 Å². The van der Waals surface area contributed by atoms with Crippen LogP contribution in [0.2, 0.25) is 0 Å². The maximum Gasteiger partial charge on any atom is 0.315 e. The monoisotopic (exact) mass is 285 g/mol. The minimum absolute atomic E-state index is 0.102. The fourth-order valence-electron chi connectivity index (χ4n) is 2.26. The van der Waals surface area contributed by atoms with Gasteiger partial charge in [-0.25, -0.2) is 14.5 Å². The summed E-state index contributed by atoms with van der Waals surface area (Å²) in [4.78, 5) is 15.6. The van der Waals surface area contributed by atoms with Crippen LogP contribution in [0, 0.1) is 11.8 Å². The van der Waals surface area contributed by atoms with Gasteiger partial charge in [0.05, 0.1) is 5.69 Å². The Kier molecular flexibility index (Phi) is 3.85. The van der Waals surface area contributed by atoms with Crippen molar-refractivity contribution in [1.29, 1.82) is 0 Å². The third-order valence-electron chi connectivity index (χ3n) is 3.87. The lowest BCUT2D eigenvalue weighted by atomic mass is 10.2. The molecule has 2 amide bonds. The Morgan fingerprint density at radius 3 is 2.71 bits per heavy atom. The molecule has 21 heavy (non-hydrogen) atoms. The van der Waals surface area contributed by atoms with Gasteiger partial charge < -0.3 is 10.6 Å². The number of hydrogen-bond acceptors (Lipinski definition) is 3. The van der Waals surface area contributed by atoms with E-state index < -0.39 is 0 Å². The van der Waals surface area contributed by atoms with E-state index in [2.05, 4.69) is 27.6 Å². The van der Waals surface area contributed by atoms with Crippen molar-refractivity contribution >= 4 is 6.03 Å². The van der Waals surface area contributed by atoms with Crippen molar-refractivity contribution in [2.75, 3.05) is 6.54 Å². The lowest BCUT2D eigenvalue weighted by Gasteiger charge is -2.08. The Morgan fingerprint density at radius 1 is 1.33 bits per heavy atom. The van der Waals surface area contributed by atoms with Gasteiger partial charge >= 0.3 is 6.03 Å². The maximum absolute atomic E-state index is 11.7. The first-order chi connectivity index (χ1) is 10.2. The van der Waals surface area contributed by atoms with Crippen LogP contribution in [-0.4, -0.2) is 27.3 Å². The zero-order valence-corrected chi connectivity index (χ0v) is 12.0. The van der Waals surface area contributed by atoms with Crippen molar-refractivity contribution in [2.45, 2.75) is 19.9 Å². The zero-order chi connectivity index (χ0) is 14.7. The van der Waals surface area contributed by atoms with E-state index in [0.29, 0.717) is 12.5 Å². The molecule has 1 heterocycles. The summed E-state index contributed by atoms with van der Waals surface area (Å²) in [5.41, 5.74) is 2.00. The van der Waals surface area contributed by atoms with Gasteiger partial charge in [-0.05, 0) is 36.0 Å². The summed E-state index contributed by atoms with van der Waals surface area (Å²) < 4.78 is 1.70. The van der Waals surface area contributed by atoms with E-state index in [1.54, 1.807) is 11.0 Å².